The Hall–Kier alpha value is -2.07. The molecular weight excluding hydrogens is 260 g/mol. The van der Waals surface area contributed by atoms with E-state index in [9.17, 15) is 0 Å². The monoisotopic (exact) mass is 280 g/mol. The average Bonchev–Trinajstić information content (AvgIpc) is 3.18. The number of nitrogens with zero attached hydrogens (tertiary/aromatic N) is 2. The van der Waals surface area contributed by atoms with Crippen LogP contribution in [0.3, 0.4) is 0 Å². The second-order valence-electron chi connectivity index (χ2n) is 5.99. The van der Waals surface area contributed by atoms with Gasteiger partial charge >= 0.3 is 0 Å². The summed E-state index contributed by atoms with van der Waals surface area (Å²) in [4.78, 5) is 5.81. The molecule has 4 nitrogen and oxygen atoms in total. The van der Waals surface area contributed by atoms with Gasteiger partial charge in [-0.2, -0.15) is 5.10 Å². The van der Waals surface area contributed by atoms with Crippen LogP contribution in [-0.2, 0) is 6.54 Å². The van der Waals surface area contributed by atoms with E-state index in [1.54, 1.807) is 0 Å². The number of hydrogen-bond acceptors (Lipinski definition) is 2. The third-order valence-corrected chi connectivity index (χ3v) is 4.49. The van der Waals surface area contributed by atoms with Crippen LogP contribution in [-0.4, -0.2) is 33.2 Å². The molecule has 0 spiro atoms. The molecule has 0 saturated carbocycles. The first-order chi connectivity index (χ1) is 10.4. The van der Waals surface area contributed by atoms with Crippen LogP contribution in [0.2, 0.25) is 0 Å². The standard InChI is InChI=1S/C17H20N4/c1-2-15(17-6-8-19-20-17)12-21(9-1)11-13-3-4-16-14(10-13)5-7-18-16/h3-8,10,15,18H,1-2,9,11-12H2,(H,19,20). The van der Waals surface area contributed by atoms with Crippen LogP contribution >= 0.6 is 0 Å². The summed E-state index contributed by atoms with van der Waals surface area (Å²) in [6.07, 6.45) is 6.38. The van der Waals surface area contributed by atoms with E-state index in [1.165, 1.54) is 41.5 Å². The minimum Gasteiger partial charge on any atom is -0.361 e. The average molecular weight is 280 g/mol. The predicted molar refractivity (Wildman–Crippen MR) is 84.1 cm³/mol. The van der Waals surface area contributed by atoms with Gasteiger partial charge in [0.25, 0.3) is 0 Å². The van der Waals surface area contributed by atoms with E-state index in [4.69, 9.17) is 0 Å². The predicted octanol–water partition coefficient (Wildman–Crippen LogP) is 3.27. The van der Waals surface area contributed by atoms with E-state index in [0.717, 1.165) is 13.1 Å². The van der Waals surface area contributed by atoms with Crippen LogP contribution in [0.15, 0.2) is 42.7 Å². The molecule has 0 bridgehead atoms. The largest absolute Gasteiger partial charge is 0.361 e. The Morgan fingerprint density at radius 2 is 2.24 bits per heavy atom. The van der Waals surface area contributed by atoms with Crippen molar-refractivity contribution >= 4 is 10.9 Å². The van der Waals surface area contributed by atoms with Crippen LogP contribution in [0.5, 0.6) is 0 Å². The van der Waals surface area contributed by atoms with Crippen molar-refractivity contribution in [3.8, 4) is 0 Å². The zero-order valence-electron chi connectivity index (χ0n) is 12.0. The number of hydrogen-bond donors (Lipinski definition) is 2. The summed E-state index contributed by atoms with van der Waals surface area (Å²) < 4.78 is 0. The third-order valence-electron chi connectivity index (χ3n) is 4.49. The van der Waals surface area contributed by atoms with Crippen molar-refractivity contribution < 1.29 is 0 Å². The molecule has 0 radical (unpaired) electrons. The molecule has 2 aromatic heterocycles. The highest BCUT2D eigenvalue weighted by molar-refractivity contribution is 5.79. The highest BCUT2D eigenvalue weighted by Crippen LogP contribution is 2.26. The summed E-state index contributed by atoms with van der Waals surface area (Å²) in [6.45, 7) is 3.34. The fourth-order valence-electron chi connectivity index (χ4n) is 3.41. The smallest absolute Gasteiger partial charge is 0.0490 e. The molecular formula is C17H20N4. The minimum absolute atomic E-state index is 0.595. The summed E-state index contributed by atoms with van der Waals surface area (Å²) in [5.74, 6) is 0.595. The molecule has 3 heterocycles. The van der Waals surface area contributed by atoms with Crippen LogP contribution in [0.1, 0.15) is 30.0 Å². The highest BCUT2D eigenvalue weighted by Gasteiger charge is 2.22. The Labute approximate surface area is 124 Å². The molecule has 1 unspecified atom stereocenters. The van der Waals surface area contributed by atoms with Crippen molar-refractivity contribution in [2.75, 3.05) is 13.1 Å². The molecule has 1 aliphatic rings. The van der Waals surface area contributed by atoms with Crippen LogP contribution in [0.4, 0.5) is 0 Å². The third kappa shape index (κ3) is 2.59. The molecule has 0 aliphatic carbocycles. The molecule has 4 heteroatoms. The van der Waals surface area contributed by atoms with Crippen molar-refractivity contribution in [3.63, 3.8) is 0 Å². The molecule has 3 aromatic rings. The molecule has 1 saturated heterocycles. The van der Waals surface area contributed by atoms with Crippen LogP contribution in [0.25, 0.3) is 10.9 Å². The van der Waals surface area contributed by atoms with Gasteiger partial charge in [0.05, 0.1) is 0 Å². The van der Waals surface area contributed by atoms with E-state index < -0.39 is 0 Å². The maximum atomic E-state index is 4.09. The lowest BCUT2D eigenvalue weighted by molar-refractivity contribution is 0.198. The number of benzene rings is 1. The lowest BCUT2D eigenvalue weighted by atomic mass is 9.94. The molecule has 1 aliphatic heterocycles. The zero-order valence-corrected chi connectivity index (χ0v) is 12.0. The molecule has 21 heavy (non-hydrogen) atoms. The molecule has 108 valence electrons. The zero-order chi connectivity index (χ0) is 14.1. The number of likely N-dealkylation sites (tertiary alicyclic amines) is 1. The highest BCUT2D eigenvalue weighted by atomic mass is 15.1. The second kappa shape index (κ2) is 5.37. The topological polar surface area (TPSA) is 47.7 Å². The number of piperidine rings is 1. The van der Waals surface area contributed by atoms with Crippen molar-refractivity contribution in [1.29, 1.82) is 0 Å². The van der Waals surface area contributed by atoms with Crippen LogP contribution in [0, 0.1) is 0 Å². The Morgan fingerprint density at radius 1 is 1.24 bits per heavy atom. The maximum Gasteiger partial charge on any atom is 0.0490 e. The summed E-state index contributed by atoms with van der Waals surface area (Å²) in [6, 6.07) is 11.0. The lowest BCUT2D eigenvalue weighted by Gasteiger charge is -2.32. The van der Waals surface area contributed by atoms with Crippen molar-refractivity contribution in [1.82, 2.24) is 20.1 Å². The molecule has 1 atom stereocenters. The van der Waals surface area contributed by atoms with Gasteiger partial charge in [-0.15, -0.1) is 0 Å². The van der Waals surface area contributed by atoms with Gasteiger partial charge in [-0.25, -0.2) is 0 Å². The summed E-state index contributed by atoms with van der Waals surface area (Å²) in [5, 5.41) is 8.52. The van der Waals surface area contributed by atoms with E-state index >= 15 is 0 Å². The van der Waals surface area contributed by atoms with E-state index in [1.807, 2.05) is 12.4 Å². The SMILES string of the molecule is c1cc(C2CCCN(Cc3ccc4[nH]ccc4c3)C2)[nH]n1. The quantitative estimate of drug-likeness (QED) is 0.773. The Morgan fingerprint density at radius 3 is 3.14 bits per heavy atom. The first-order valence-corrected chi connectivity index (χ1v) is 7.66. The van der Waals surface area contributed by atoms with E-state index in [2.05, 4.69) is 50.4 Å². The second-order valence-corrected chi connectivity index (χ2v) is 5.99. The summed E-state index contributed by atoms with van der Waals surface area (Å²) in [7, 11) is 0. The van der Waals surface area contributed by atoms with Gasteiger partial charge in [0.15, 0.2) is 0 Å². The first-order valence-electron chi connectivity index (χ1n) is 7.66. The van der Waals surface area contributed by atoms with Crippen molar-refractivity contribution in [2.45, 2.75) is 25.3 Å². The van der Waals surface area contributed by atoms with Gasteiger partial charge in [-0.1, -0.05) is 6.07 Å². The molecule has 0 amide bonds. The van der Waals surface area contributed by atoms with Crippen LogP contribution < -0.4 is 0 Å². The number of aromatic amines is 2. The normalized spacial score (nSPS) is 20.1. The molecule has 1 aromatic carbocycles. The van der Waals surface area contributed by atoms with E-state index in [0.29, 0.717) is 5.92 Å². The number of aromatic nitrogens is 3. The van der Waals surface area contributed by atoms with Crippen molar-refractivity contribution in [2.24, 2.45) is 0 Å². The lowest BCUT2D eigenvalue weighted by Crippen LogP contribution is -2.34. The molecule has 4 rings (SSSR count). The number of fused-ring (bicyclic) bond motifs is 1. The summed E-state index contributed by atoms with van der Waals surface area (Å²) >= 11 is 0. The van der Waals surface area contributed by atoms with Gasteiger partial charge in [0, 0.05) is 42.6 Å². The number of H-pyrrole nitrogens is 2. The number of nitrogens with one attached hydrogen (secondary N) is 2. The van der Waals surface area contributed by atoms with Crippen molar-refractivity contribution in [3.05, 3.63) is 54.0 Å². The maximum absolute atomic E-state index is 4.09. The van der Waals surface area contributed by atoms with Gasteiger partial charge < -0.3 is 4.98 Å². The van der Waals surface area contributed by atoms with Gasteiger partial charge in [0.2, 0.25) is 0 Å². The Bertz CT molecular complexity index is 713. The minimum atomic E-state index is 0.595. The summed E-state index contributed by atoms with van der Waals surface area (Å²) in [5.41, 5.74) is 3.89. The van der Waals surface area contributed by atoms with E-state index in [-0.39, 0.29) is 0 Å². The first kappa shape index (κ1) is 12.7. The number of rotatable bonds is 3. The van der Waals surface area contributed by atoms with Gasteiger partial charge in [0.1, 0.15) is 0 Å². The van der Waals surface area contributed by atoms with Gasteiger partial charge in [-0.05, 0) is 54.6 Å². The Kier molecular flexibility index (Phi) is 3.24. The fraction of sp³-hybridized carbons (Fsp3) is 0.353. The molecule has 1 fully saturated rings. The fourth-order valence-corrected chi connectivity index (χ4v) is 3.41. The van der Waals surface area contributed by atoms with Gasteiger partial charge in [-0.3, -0.25) is 10.00 Å². The Balaban J connectivity index is 1.48. The molecule has 2 N–H and O–H groups in total.